The third kappa shape index (κ3) is 3.53. The fourth-order valence-electron chi connectivity index (χ4n) is 1.42. The van der Waals surface area contributed by atoms with Crippen LogP contribution in [-0.4, -0.2) is 0 Å². The number of hydrogen-bond donors (Lipinski definition) is 0. The maximum absolute atomic E-state index is 5.89. The van der Waals surface area contributed by atoms with Crippen molar-refractivity contribution in [3.8, 4) is 11.5 Å². The lowest BCUT2D eigenvalue weighted by Crippen LogP contribution is -1.86. The van der Waals surface area contributed by atoms with Crippen LogP contribution in [0.5, 0.6) is 11.5 Å². The van der Waals surface area contributed by atoms with Crippen molar-refractivity contribution in [2.75, 3.05) is 0 Å². The molecule has 0 fully saturated rings. The van der Waals surface area contributed by atoms with E-state index in [4.69, 9.17) is 39.5 Å². The molecular weight excluding hydrogens is 279 g/mol. The first-order valence-corrected chi connectivity index (χ1v) is 6.25. The van der Waals surface area contributed by atoms with Crippen molar-refractivity contribution in [3.05, 3.63) is 58.1 Å². The molecule has 4 heteroatoms. The van der Waals surface area contributed by atoms with Crippen LogP contribution < -0.4 is 4.74 Å². The quantitative estimate of drug-likeness (QED) is 0.675. The van der Waals surface area contributed by atoms with Gasteiger partial charge in [0.1, 0.15) is 11.5 Å². The Bertz CT molecular complexity index is 506. The molecule has 0 unspecified atom stereocenters. The summed E-state index contributed by atoms with van der Waals surface area (Å²) in [7, 11) is 0. The molecule has 1 nitrogen and oxygen atoms in total. The number of alkyl halides is 1. The summed E-state index contributed by atoms with van der Waals surface area (Å²) in [5.74, 6) is 1.77. The molecular formula is C13H9Cl3O. The Morgan fingerprint density at radius 1 is 0.882 bits per heavy atom. The van der Waals surface area contributed by atoms with Gasteiger partial charge in [0.15, 0.2) is 0 Å². The molecule has 17 heavy (non-hydrogen) atoms. The molecule has 0 amide bonds. The summed E-state index contributed by atoms with van der Waals surface area (Å²) in [6, 6.07) is 12.6. The van der Waals surface area contributed by atoms with Crippen LogP contribution in [-0.2, 0) is 5.88 Å². The molecule has 0 aliphatic carbocycles. The van der Waals surface area contributed by atoms with Crippen molar-refractivity contribution < 1.29 is 4.74 Å². The summed E-state index contributed by atoms with van der Waals surface area (Å²) in [5, 5.41) is 1.09. The molecule has 0 N–H and O–H groups in total. The predicted octanol–water partition coefficient (Wildman–Crippen LogP) is 5.52. The van der Waals surface area contributed by atoms with Crippen molar-refractivity contribution in [2.45, 2.75) is 5.88 Å². The maximum Gasteiger partial charge on any atom is 0.130 e. The molecule has 0 saturated carbocycles. The number of benzene rings is 2. The number of ether oxygens (including phenoxy) is 1. The molecule has 2 rings (SSSR count). The van der Waals surface area contributed by atoms with Gasteiger partial charge < -0.3 is 4.74 Å². The van der Waals surface area contributed by atoms with Crippen LogP contribution in [0.25, 0.3) is 0 Å². The van der Waals surface area contributed by atoms with Crippen molar-refractivity contribution in [3.63, 3.8) is 0 Å². The summed E-state index contributed by atoms with van der Waals surface area (Å²) in [4.78, 5) is 0. The van der Waals surface area contributed by atoms with Crippen LogP contribution in [0.1, 0.15) is 5.56 Å². The van der Waals surface area contributed by atoms with Gasteiger partial charge in [-0.15, -0.1) is 11.6 Å². The second-order valence-corrected chi connectivity index (χ2v) is 4.63. The van der Waals surface area contributed by atoms with Crippen molar-refractivity contribution in [1.82, 2.24) is 0 Å². The van der Waals surface area contributed by atoms with Gasteiger partial charge in [-0.05, 0) is 35.9 Å². The van der Waals surface area contributed by atoms with Gasteiger partial charge in [0.05, 0.1) is 0 Å². The highest BCUT2D eigenvalue weighted by Gasteiger charge is 2.02. The first-order valence-electron chi connectivity index (χ1n) is 4.96. The lowest BCUT2D eigenvalue weighted by molar-refractivity contribution is 0.482. The van der Waals surface area contributed by atoms with E-state index < -0.39 is 0 Å². The van der Waals surface area contributed by atoms with Gasteiger partial charge in [-0.25, -0.2) is 0 Å². The Hall–Kier alpha value is -0.890. The van der Waals surface area contributed by atoms with Crippen molar-refractivity contribution in [1.29, 1.82) is 0 Å². The first-order chi connectivity index (χ1) is 8.17. The smallest absolute Gasteiger partial charge is 0.130 e. The molecule has 0 bridgehead atoms. The van der Waals surface area contributed by atoms with Crippen molar-refractivity contribution >= 4 is 34.8 Å². The number of halogens is 3. The predicted molar refractivity (Wildman–Crippen MR) is 72.5 cm³/mol. The SMILES string of the molecule is ClCc1cccc(Oc2cc(Cl)cc(Cl)c2)c1. The minimum absolute atomic E-state index is 0.452. The van der Waals surface area contributed by atoms with E-state index in [1.54, 1.807) is 18.2 Å². The standard InChI is InChI=1S/C13H9Cl3O/c14-8-9-2-1-3-12(4-9)17-13-6-10(15)5-11(16)7-13/h1-7H,8H2. The first kappa shape index (κ1) is 12.6. The molecule has 0 atom stereocenters. The van der Waals surface area contributed by atoms with E-state index in [9.17, 15) is 0 Å². The summed E-state index contributed by atoms with van der Waals surface area (Å²) >= 11 is 17.5. The highest BCUT2D eigenvalue weighted by atomic mass is 35.5. The molecule has 0 radical (unpaired) electrons. The number of rotatable bonds is 3. The minimum Gasteiger partial charge on any atom is -0.457 e. The lowest BCUT2D eigenvalue weighted by atomic mass is 10.2. The maximum atomic E-state index is 5.89. The topological polar surface area (TPSA) is 9.23 Å². The van der Waals surface area contributed by atoms with Gasteiger partial charge in [-0.3, -0.25) is 0 Å². The zero-order valence-electron chi connectivity index (χ0n) is 8.79. The van der Waals surface area contributed by atoms with Gasteiger partial charge in [0.25, 0.3) is 0 Å². The summed E-state index contributed by atoms with van der Waals surface area (Å²) in [6.45, 7) is 0. The normalized spacial score (nSPS) is 10.3. The van der Waals surface area contributed by atoms with E-state index in [1.165, 1.54) is 0 Å². The Morgan fingerprint density at radius 2 is 1.59 bits per heavy atom. The molecule has 0 saturated heterocycles. The molecule has 0 heterocycles. The Balaban J connectivity index is 2.24. The van der Waals surface area contributed by atoms with Crippen LogP contribution in [0.2, 0.25) is 10.0 Å². The van der Waals surface area contributed by atoms with Crippen LogP contribution in [0, 0.1) is 0 Å². The highest BCUT2D eigenvalue weighted by Crippen LogP contribution is 2.28. The molecule has 2 aromatic carbocycles. The largest absolute Gasteiger partial charge is 0.457 e. The molecule has 0 aliphatic heterocycles. The van der Waals surface area contributed by atoms with Gasteiger partial charge in [-0.1, -0.05) is 35.3 Å². The fraction of sp³-hybridized carbons (Fsp3) is 0.0769. The van der Waals surface area contributed by atoms with E-state index >= 15 is 0 Å². The lowest BCUT2D eigenvalue weighted by Gasteiger charge is -2.07. The van der Waals surface area contributed by atoms with Crippen LogP contribution in [0.4, 0.5) is 0 Å². The van der Waals surface area contributed by atoms with E-state index in [1.807, 2.05) is 24.3 Å². The van der Waals surface area contributed by atoms with Gasteiger partial charge in [0.2, 0.25) is 0 Å². The van der Waals surface area contributed by atoms with Crippen LogP contribution in [0.3, 0.4) is 0 Å². The molecule has 0 aromatic heterocycles. The molecule has 88 valence electrons. The summed E-state index contributed by atoms with van der Waals surface area (Å²) in [5.41, 5.74) is 0.997. The fourth-order valence-corrected chi connectivity index (χ4v) is 2.09. The van der Waals surface area contributed by atoms with E-state index in [2.05, 4.69) is 0 Å². The van der Waals surface area contributed by atoms with Crippen LogP contribution >= 0.6 is 34.8 Å². The van der Waals surface area contributed by atoms with E-state index in [-0.39, 0.29) is 0 Å². The van der Waals surface area contributed by atoms with Crippen molar-refractivity contribution in [2.24, 2.45) is 0 Å². The molecule has 2 aromatic rings. The zero-order valence-corrected chi connectivity index (χ0v) is 11.1. The van der Waals surface area contributed by atoms with Gasteiger partial charge in [0, 0.05) is 15.9 Å². The Kier molecular flexibility index (Phi) is 4.16. The van der Waals surface area contributed by atoms with Gasteiger partial charge >= 0.3 is 0 Å². The zero-order chi connectivity index (χ0) is 12.3. The monoisotopic (exact) mass is 286 g/mol. The molecule has 0 aliphatic rings. The minimum atomic E-state index is 0.452. The summed E-state index contributed by atoms with van der Waals surface area (Å²) < 4.78 is 5.65. The second-order valence-electron chi connectivity index (χ2n) is 3.49. The molecule has 0 spiro atoms. The second kappa shape index (κ2) is 5.63. The average Bonchev–Trinajstić information content (AvgIpc) is 2.28. The highest BCUT2D eigenvalue weighted by molar-refractivity contribution is 6.34. The summed E-state index contributed by atoms with van der Waals surface area (Å²) in [6.07, 6.45) is 0. The average molecular weight is 288 g/mol. The van der Waals surface area contributed by atoms with E-state index in [0.29, 0.717) is 27.4 Å². The Labute approximate surface area is 115 Å². The Morgan fingerprint density at radius 3 is 2.24 bits per heavy atom. The van der Waals surface area contributed by atoms with Gasteiger partial charge in [-0.2, -0.15) is 0 Å². The van der Waals surface area contributed by atoms with E-state index in [0.717, 1.165) is 5.56 Å². The number of hydrogen-bond acceptors (Lipinski definition) is 1. The van der Waals surface area contributed by atoms with Crippen LogP contribution in [0.15, 0.2) is 42.5 Å². The third-order valence-electron chi connectivity index (χ3n) is 2.12. The third-order valence-corrected chi connectivity index (χ3v) is 2.87.